The molecule has 1 saturated carbocycles. The zero-order valence-electron chi connectivity index (χ0n) is 24.5. The summed E-state index contributed by atoms with van der Waals surface area (Å²) in [4.78, 5) is 2.41. The Morgan fingerprint density at radius 2 is 1.05 bits per heavy atom. The summed E-state index contributed by atoms with van der Waals surface area (Å²) < 4.78 is 0. The van der Waals surface area contributed by atoms with Crippen LogP contribution in [0.15, 0.2) is 133 Å². The van der Waals surface area contributed by atoms with Gasteiger partial charge in [-0.05, 0) is 103 Å². The SMILES string of the molecule is CN(c1ccc(-c2ccc3c4ccccc4c4ccccc4c3c2)cc1)c1cccc2c1C1(CCCC1)c1ccccc1-2. The fourth-order valence-electron chi connectivity index (χ4n) is 8.42. The molecule has 206 valence electrons. The summed E-state index contributed by atoms with van der Waals surface area (Å²) >= 11 is 0. The molecule has 43 heavy (non-hydrogen) atoms. The van der Waals surface area contributed by atoms with Crippen LogP contribution in [0.5, 0.6) is 0 Å². The molecule has 1 heteroatoms. The van der Waals surface area contributed by atoms with Gasteiger partial charge in [-0.2, -0.15) is 0 Å². The molecule has 2 aliphatic carbocycles. The van der Waals surface area contributed by atoms with Crippen LogP contribution in [0.3, 0.4) is 0 Å². The molecule has 0 aliphatic heterocycles. The Morgan fingerprint density at radius 3 is 1.74 bits per heavy atom. The van der Waals surface area contributed by atoms with Crippen molar-refractivity contribution in [3.05, 3.63) is 145 Å². The summed E-state index contributed by atoms with van der Waals surface area (Å²) in [6, 6.07) is 49.8. The molecule has 0 unspecified atom stereocenters. The standard InChI is InChI=1S/C42H33N/c1-43(40-18-10-16-37-36-15-6-7-17-39(36)42(41(37)40)25-8-9-26-42)30-22-19-28(20-23-30)29-21-24-35-33-13-3-2-11-31(33)32-12-4-5-14-34(32)38(35)27-29/h2-7,10-24,27H,8-9,25-26H2,1H3. The monoisotopic (exact) mass is 551 g/mol. The van der Waals surface area contributed by atoms with Crippen LogP contribution in [0.25, 0.3) is 54.6 Å². The van der Waals surface area contributed by atoms with E-state index >= 15 is 0 Å². The molecule has 1 fully saturated rings. The number of fused-ring (bicyclic) bond motifs is 11. The Bertz CT molecular complexity index is 2160. The minimum Gasteiger partial charge on any atom is -0.344 e. The predicted octanol–water partition coefficient (Wildman–Crippen LogP) is 11.4. The maximum absolute atomic E-state index is 2.41. The highest BCUT2D eigenvalue weighted by Gasteiger charge is 2.46. The van der Waals surface area contributed by atoms with Crippen molar-refractivity contribution in [1.29, 1.82) is 0 Å². The van der Waals surface area contributed by atoms with Gasteiger partial charge in [-0.15, -0.1) is 0 Å². The van der Waals surface area contributed by atoms with E-state index in [9.17, 15) is 0 Å². The molecule has 0 aromatic heterocycles. The Kier molecular flexibility index (Phi) is 5.35. The first-order valence-electron chi connectivity index (χ1n) is 15.6. The molecule has 0 radical (unpaired) electrons. The lowest BCUT2D eigenvalue weighted by Gasteiger charge is -2.32. The molecule has 0 atom stereocenters. The van der Waals surface area contributed by atoms with Gasteiger partial charge in [-0.25, -0.2) is 0 Å². The molecule has 0 heterocycles. The van der Waals surface area contributed by atoms with Crippen molar-refractivity contribution in [3.8, 4) is 22.3 Å². The number of anilines is 2. The van der Waals surface area contributed by atoms with Crippen molar-refractivity contribution < 1.29 is 0 Å². The summed E-state index contributed by atoms with van der Waals surface area (Å²) in [5.74, 6) is 0. The van der Waals surface area contributed by atoms with Gasteiger partial charge in [-0.3, -0.25) is 0 Å². The fourth-order valence-corrected chi connectivity index (χ4v) is 8.42. The fraction of sp³-hybridized carbons (Fsp3) is 0.143. The third kappa shape index (κ3) is 3.52. The molecule has 1 nitrogen and oxygen atoms in total. The van der Waals surface area contributed by atoms with Crippen LogP contribution < -0.4 is 4.90 Å². The molecule has 0 N–H and O–H groups in total. The zero-order valence-corrected chi connectivity index (χ0v) is 24.5. The average molecular weight is 552 g/mol. The van der Waals surface area contributed by atoms with Crippen LogP contribution in [0.4, 0.5) is 11.4 Å². The van der Waals surface area contributed by atoms with E-state index < -0.39 is 0 Å². The van der Waals surface area contributed by atoms with Gasteiger partial charge < -0.3 is 4.90 Å². The lowest BCUT2D eigenvalue weighted by molar-refractivity contribution is 0.550. The Balaban J connectivity index is 1.12. The summed E-state index contributed by atoms with van der Waals surface area (Å²) in [6.07, 6.45) is 5.09. The minimum absolute atomic E-state index is 0.148. The van der Waals surface area contributed by atoms with Gasteiger partial charge in [-0.1, -0.05) is 122 Å². The van der Waals surface area contributed by atoms with Crippen LogP contribution in [0.2, 0.25) is 0 Å². The third-order valence-electron chi connectivity index (χ3n) is 10.4. The summed E-state index contributed by atoms with van der Waals surface area (Å²) in [6.45, 7) is 0. The zero-order chi connectivity index (χ0) is 28.5. The molecular weight excluding hydrogens is 518 g/mol. The van der Waals surface area contributed by atoms with E-state index in [2.05, 4.69) is 145 Å². The minimum atomic E-state index is 0.148. The van der Waals surface area contributed by atoms with Gasteiger partial charge in [0.15, 0.2) is 0 Å². The summed E-state index contributed by atoms with van der Waals surface area (Å²) in [5.41, 5.74) is 11.1. The lowest BCUT2D eigenvalue weighted by Crippen LogP contribution is -2.24. The molecule has 7 aromatic carbocycles. The molecule has 9 rings (SSSR count). The number of hydrogen-bond acceptors (Lipinski definition) is 1. The van der Waals surface area contributed by atoms with Crippen LogP contribution in [0, 0.1) is 0 Å². The van der Waals surface area contributed by atoms with Gasteiger partial charge in [0.25, 0.3) is 0 Å². The topological polar surface area (TPSA) is 3.24 Å². The van der Waals surface area contributed by atoms with Gasteiger partial charge in [0.1, 0.15) is 0 Å². The van der Waals surface area contributed by atoms with Crippen LogP contribution in [-0.4, -0.2) is 7.05 Å². The van der Waals surface area contributed by atoms with Crippen molar-refractivity contribution in [2.24, 2.45) is 0 Å². The summed E-state index contributed by atoms with van der Waals surface area (Å²) in [5, 5.41) is 7.90. The highest BCUT2D eigenvalue weighted by atomic mass is 15.1. The normalized spacial score (nSPS) is 14.9. The van der Waals surface area contributed by atoms with E-state index in [0.717, 1.165) is 0 Å². The predicted molar refractivity (Wildman–Crippen MR) is 184 cm³/mol. The van der Waals surface area contributed by atoms with E-state index in [4.69, 9.17) is 0 Å². The molecular formula is C42H33N. The second-order valence-corrected chi connectivity index (χ2v) is 12.5. The highest BCUT2D eigenvalue weighted by molar-refractivity contribution is 6.25. The van der Waals surface area contributed by atoms with Gasteiger partial charge >= 0.3 is 0 Å². The number of rotatable bonds is 3. The first-order chi connectivity index (χ1) is 21.2. The molecule has 0 bridgehead atoms. The molecule has 0 saturated heterocycles. The van der Waals surface area contributed by atoms with Crippen molar-refractivity contribution in [2.45, 2.75) is 31.1 Å². The van der Waals surface area contributed by atoms with E-state index in [1.807, 2.05) is 0 Å². The van der Waals surface area contributed by atoms with Crippen molar-refractivity contribution >= 4 is 43.7 Å². The van der Waals surface area contributed by atoms with Gasteiger partial charge in [0, 0.05) is 23.8 Å². The van der Waals surface area contributed by atoms with E-state index in [0.29, 0.717) is 0 Å². The van der Waals surface area contributed by atoms with Crippen molar-refractivity contribution in [3.63, 3.8) is 0 Å². The van der Waals surface area contributed by atoms with Gasteiger partial charge in [0.05, 0.1) is 0 Å². The first-order valence-corrected chi connectivity index (χ1v) is 15.6. The average Bonchev–Trinajstić information content (AvgIpc) is 3.68. The van der Waals surface area contributed by atoms with Crippen LogP contribution >= 0.6 is 0 Å². The van der Waals surface area contributed by atoms with E-state index in [1.165, 1.54) is 103 Å². The van der Waals surface area contributed by atoms with Gasteiger partial charge in [0.2, 0.25) is 0 Å². The Hall–Kier alpha value is -4.88. The van der Waals surface area contributed by atoms with E-state index in [1.54, 1.807) is 0 Å². The van der Waals surface area contributed by atoms with Crippen molar-refractivity contribution in [1.82, 2.24) is 0 Å². The quantitative estimate of drug-likeness (QED) is 0.197. The number of benzene rings is 7. The maximum atomic E-state index is 2.41. The largest absolute Gasteiger partial charge is 0.344 e. The number of nitrogens with zero attached hydrogens (tertiary/aromatic N) is 1. The first kappa shape index (κ1) is 24.7. The highest BCUT2D eigenvalue weighted by Crippen LogP contribution is 2.59. The number of hydrogen-bond donors (Lipinski definition) is 0. The molecule has 7 aromatic rings. The molecule has 1 spiro atoms. The van der Waals surface area contributed by atoms with Crippen LogP contribution in [0.1, 0.15) is 36.8 Å². The Labute approximate surface area is 253 Å². The second-order valence-electron chi connectivity index (χ2n) is 12.5. The van der Waals surface area contributed by atoms with Crippen LogP contribution in [-0.2, 0) is 5.41 Å². The summed E-state index contributed by atoms with van der Waals surface area (Å²) in [7, 11) is 2.24. The molecule has 2 aliphatic rings. The lowest BCUT2D eigenvalue weighted by atomic mass is 9.76. The Morgan fingerprint density at radius 1 is 0.488 bits per heavy atom. The maximum Gasteiger partial charge on any atom is 0.0456 e. The molecule has 0 amide bonds. The second kappa shape index (κ2) is 9.31. The smallest absolute Gasteiger partial charge is 0.0456 e. The van der Waals surface area contributed by atoms with Crippen molar-refractivity contribution in [2.75, 3.05) is 11.9 Å². The van der Waals surface area contributed by atoms with E-state index in [-0.39, 0.29) is 5.41 Å². The third-order valence-corrected chi connectivity index (χ3v) is 10.4.